The molecule has 4 N–H and O–H groups in total. The van der Waals surface area contributed by atoms with Crippen molar-refractivity contribution in [1.82, 2.24) is 4.98 Å². The van der Waals surface area contributed by atoms with Crippen LogP contribution in [-0.4, -0.2) is 10.9 Å². The van der Waals surface area contributed by atoms with Crippen LogP contribution in [0.4, 0.5) is 20.3 Å². The molecule has 1 aromatic carbocycles. The number of benzene rings is 1. The first-order valence-electron chi connectivity index (χ1n) is 5.40. The van der Waals surface area contributed by atoms with Crippen molar-refractivity contribution in [3.05, 3.63) is 52.1 Å². The number of hydrazine groups is 1. The van der Waals surface area contributed by atoms with Crippen molar-refractivity contribution in [2.75, 3.05) is 10.7 Å². The zero-order chi connectivity index (χ0) is 14.7. The van der Waals surface area contributed by atoms with Gasteiger partial charge in [-0.2, -0.15) is 0 Å². The Morgan fingerprint density at radius 1 is 1.30 bits per heavy atom. The smallest absolute Gasteiger partial charge is 0.259 e. The molecule has 1 amide bonds. The van der Waals surface area contributed by atoms with Crippen molar-refractivity contribution < 1.29 is 13.6 Å². The number of nitrogens with one attached hydrogen (secondary N) is 2. The molecule has 2 aromatic rings. The standard InChI is InChI=1S/C12H9BrF2N4O/c13-6-3-8(11(19-16)17-5-6)12(20)18-10-4-7(14)1-2-9(10)15/h1-5H,16H2,(H,17,19)(H,18,20). The van der Waals surface area contributed by atoms with Crippen LogP contribution in [0.25, 0.3) is 0 Å². The molecule has 1 heterocycles. The molecule has 5 nitrogen and oxygen atoms in total. The van der Waals surface area contributed by atoms with Gasteiger partial charge >= 0.3 is 0 Å². The Hall–Kier alpha value is -2.06. The van der Waals surface area contributed by atoms with E-state index in [4.69, 9.17) is 5.84 Å². The molecule has 0 saturated carbocycles. The zero-order valence-electron chi connectivity index (χ0n) is 9.95. The fourth-order valence-electron chi connectivity index (χ4n) is 1.51. The van der Waals surface area contributed by atoms with Gasteiger partial charge in [0.1, 0.15) is 11.6 Å². The minimum atomic E-state index is -0.745. The molecule has 0 unspecified atom stereocenters. The van der Waals surface area contributed by atoms with E-state index in [1.54, 1.807) is 0 Å². The number of aromatic nitrogens is 1. The lowest BCUT2D eigenvalue weighted by atomic mass is 10.2. The highest BCUT2D eigenvalue weighted by molar-refractivity contribution is 9.10. The van der Waals surface area contributed by atoms with Gasteiger partial charge < -0.3 is 10.7 Å². The second-order valence-corrected chi connectivity index (χ2v) is 4.69. The van der Waals surface area contributed by atoms with Crippen molar-refractivity contribution in [1.29, 1.82) is 0 Å². The van der Waals surface area contributed by atoms with Crippen molar-refractivity contribution >= 4 is 33.3 Å². The van der Waals surface area contributed by atoms with Gasteiger partial charge in [-0.05, 0) is 34.1 Å². The molecule has 0 atom stereocenters. The number of rotatable bonds is 3. The summed E-state index contributed by atoms with van der Waals surface area (Å²) in [5.41, 5.74) is 2.08. The fourth-order valence-corrected chi connectivity index (χ4v) is 1.84. The molecule has 1 aromatic heterocycles. The lowest BCUT2D eigenvalue weighted by Gasteiger charge is -2.10. The molecule has 0 spiro atoms. The Kier molecular flexibility index (Phi) is 4.26. The number of nitrogens with two attached hydrogens (primary N) is 1. The van der Waals surface area contributed by atoms with E-state index in [-0.39, 0.29) is 17.1 Å². The van der Waals surface area contributed by atoms with Gasteiger partial charge in [0.2, 0.25) is 0 Å². The van der Waals surface area contributed by atoms with E-state index in [0.717, 1.165) is 18.2 Å². The van der Waals surface area contributed by atoms with Gasteiger partial charge in [0.05, 0.1) is 11.3 Å². The van der Waals surface area contributed by atoms with Gasteiger partial charge in [-0.25, -0.2) is 19.6 Å². The van der Waals surface area contributed by atoms with E-state index in [2.05, 4.69) is 31.7 Å². The summed E-state index contributed by atoms with van der Waals surface area (Å²) in [4.78, 5) is 15.9. The first-order valence-corrected chi connectivity index (χ1v) is 6.19. The second-order valence-electron chi connectivity index (χ2n) is 3.77. The molecule has 0 radical (unpaired) electrons. The number of halogens is 3. The normalized spacial score (nSPS) is 10.2. The number of hydrogen-bond acceptors (Lipinski definition) is 4. The minimum Gasteiger partial charge on any atom is -0.319 e. The Morgan fingerprint density at radius 3 is 2.75 bits per heavy atom. The Labute approximate surface area is 121 Å². The summed E-state index contributed by atoms with van der Waals surface area (Å²) in [7, 11) is 0. The molecule has 104 valence electrons. The van der Waals surface area contributed by atoms with Gasteiger partial charge in [0.25, 0.3) is 5.91 Å². The summed E-state index contributed by atoms with van der Waals surface area (Å²) >= 11 is 3.16. The lowest BCUT2D eigenvalue weighted by Crippen LogP contribution is -2.19. The van der Waals surface area contributed by atoms with E-state index < -0.39 is 17.5 Å². The third-order valence-corrected chi connectivity index (χ3v) is 2.85. The average Bonchev–Trinajstić information content (AvgIpc) is 2.42. The summed E-state index contributed by atoms with van der Waals surface area (Å²) in [6.07, 6.45) is 1.44. The number of hydrogen-bond donors (Lipinski definition) is 3. The fraction of sp³-hybridized carbons (Fsp3) is 0. The molecule has 20 heavy (non-hydrogen) atoms. The van der Waals surface area contributed by atoms with Crippen molar-refractivity contribution in [2.45, 2.75) is 0 Å². The summed E-state index contributed by atoms with van der Waals surface area (Å²) in [6.45, 7) is 0. The van der Waals surface area contributed by atoms with Crippen LogP contribution in [0, 0.1) is 11.6 Å². The predicted octanol–water partition coefficient (Wildman–Crippen LogP) is 2.66. The van der Waals surface area contributed by atoms with E-state index in [1.165, 1.54) is 12.3 Å². The molecule has 8 heteroatoms. The molecule has 0 aliphatic carbocycles. The highest BCUT2D eigenvalue weighted by Crippen LogP contribution is 2.21. The van der Waals surface area contributed by atoms with Crippen LogP contribution in [0.2, 0.25) is 0 Å². The van der Waals surface area contributed by atoms with E-state index >= 15 is 0 Å². The van der Waals surface area contributed by atoms with Gasteiger partial charge in [0.15, 0.2) is 5.82 Å². The van der Waals surface area contributed by atoms with Crippen LogP contribution < -0.4 is 16.6 Å². The number of carbonyl (C=O) groups is 1. The maximum Gasteiger partial charge on any atom is 0.259 e. The van der Waals surface area contributed by atoms with E-state index in [9.17, 15) is 13.6 Å². The average molecular weight is 343 g/mol. The van der Waals surface area contributed by atoms with Crippen LogP contribution in [0.5, 0.6) is 0 Å². The Morgan fingerprint density at radius 2 is 2.05 bits per heavy atom. The predicted molar refractivity (Wildman–Crippen MR) is 74.1 cm³/mol. The summed E-state index contributed by atoms with van der Waals surface area (Å²) in [6, 6.07) is 4.22. The van der Waals surface area contributed by atoms with E-state index in [1.807, 2.05) is 0 Å². The third kappa shape index (κ3) is 3.09. The van der Waals surface area contributed by atoms with Crippen molar-refractivity contribution in [3.63, 3.8) is 0 Å². The molecule has 0 saturated heterocycles. The third-order valence-electron chi connectivity index (χ3n) is 2.41. The van der Waals surface area contributed by atoms with Crippen molar-refractivity contribution in [2.24, 2.45) is 5.84 Å². The van der Waals surface area contributed by atoms with Gasteiger partial charge in [-0.1, -0.05) is 0 Å². The highest BCUT2D eigenvalue weighted by atomic mass is 79.9. The van der Waals surface area contributed by atoms with Crippen molar-refractivity contribution in [3.8, 4) is 0 Å². The van der Waals surface area contributed by atoms with Gasteiger partial charge in [-0.15, -0.1) is 0 Å². The topological polar surface area (TPSA) is 80.0 Å². The number of nitrogen functional groups attached to an aromatic ring is 1. The number of nitrogens with zero attached hydrogens (tertiary/aromatic N) is 1. The molecule has 0 fully saturated rings. The van der Waals surface area contributed by atoms with Crippen LogP contribution in [0.3, 0.4) is 0 Å². The van der Waals surface area contributed by atoms with Gasteiger partial charge in [0, 0.05) is 16.7 Å². The summed E-state index contributed by atoms with van der Waals surface area (Å²) < 4.78 is 27.0. The minimum absolute atomic E-state index is 0.0885. The largest absolute Gasteiger partial charge is 0.319 e. The molecule has 0 aliphatic heterocycles. The monoisotopic (exact) mass is 342 g/mol. The Balaban J connectivity index is 2.32. The van der Waals surface area contributed by atoms with Gasteiger partial charge in [-0.3, -0.25) is 4.79 Å². The van der Waals surface area contributed by atoms with Crippen LogP contribution in [0.1, 0.15) is 10.4 Å². The van der Waals surface area contributed by atoms with E-state index in [0.29, 0.717) is 4.47 Å². The maximum atomic E-state index is 13.5. The quantitative estimate of drug-likeness (QED) is 0.591. The zero-order valence-corrected chi connectivity index (χ0v) is 11.5. The molecule has 2 rings (SSSR count). The van der Waals surface area contributed by atoms with Crippen LogP contribution in [0.15, 0.2) is 34.9 Å². The van der Waals surface area contributed by atoms with Crippen LogP contribution in [-0.2, 0) is 0 Å². The first-order chi connectivity index (χ1) is 9.51. The number of anilines is 2. The SMILES string of the molecule is NNc1ncc(Br)cc1C(=O)Nc1cc(F)ccc1F. The Bertz CT molecular complexity index is 666. The summed E-state index contributed by atoms with van der Waals surface area (Å²) in [5, 5.41) is 2.26. The lowest BCUT2D eigenvalue weighted by molar-refractivity contribution is 0.102. The molecule has 0 bridgehead atoms. The molecular formula is C12H9BrF2N4O. The number of pyridine rings is 1. The number of carbonyl (C=O) groups excluding carboxylic acids is 1. The van der Waals surface area contributed by atoms with Crippen LogP contribution >= 0.6 is 15.9 Å². The highest BCUT2D eigenvalue weighted by Gasteiger charge is 2.15. The molecular weight excluding hydrogens is 334 g/mol. The molecule has 0 aliphatic rings. The first kappa shape index (κ1) is 14.4. The second kappa shape index (κ2) is 5.93. The maximum absolute atomic E-state index is 13.5. The summed E-state index contributed by atoms with van der Waals surface area (Å²) in [5.74, 6) is 3.28. The number of amides is 1.